The monoisotopic (exact) mass is 211 g/mol. The average molecular weight is 211 g/mol. The third-order valence-corrected chi connectivity index (χ3v) is 2.25. The molecule has 4 nitrogen and oxygen atoms in total. The van der Waals surface area contributed by atoms with E-state index in [1.165, 1.54) is 0 Å². The van der Waals surface area contributed by atoms with Crippen molar-refractivity contribution in [1.82, 2.24) is 10.1 Å². The second-order valence-corrected chi connectivity index (χ2v) is 5.27. The fraction of sp³-hybridized carbons (Fsp3) is 0.727. The fourth-order valence-electron chi connectivity index (χ4n) is 1.27. The lowest BCUT2D eigenvalue weighted by molar-refractivity contribution is 0.234. The zero-order valence-corrected chi connectivity index (χ0v) is 10.1. The lowest BCUT2D eigenvalue weighted by Crippen LogP contribution is -2.22. The molecule has 1 aromatic heterocycles. The lowest BCUT2D eigenvalue weighted by Gasteiger charge is -2.22. The van der Waals surface area contributed by atoms with Gasteiger partial charge in [-0.2, -0.15) is 0 Å². The van der Waals surface area contributed by atoms with Gasteiger partial charge in [0.1, 0.15) is 0 Å². The van der Waals surface area contributed by atoms with E-state index in [2.05, 4.69) is 37.9 Å². The van der Waals surface area contributed by atoms with Crippen molar-refractivity contribution >= 4 is 5.82 Å². The first-order valence-corrected chi connectivity index (χ1v) is 5.26. The highest BCUT2D eigenvalue weighted by Gasteiger charge is 2.12. The molecule has 1 aromatic rings. The molecule has 86 valence electrons. The Hall–Kier alpha value is -1.03. The SMILES string of the molecule is CN(CCC(C)(C)C)Cc1cc(N)no1. The Morgan fingerprint density at radius 3 is 2.60 bits per heavy atom. The van der Waals surface area contributed by atoms with Gasteiger partial charge in [-0.3, -0.25) is 4.90 Å². The third-order valence-electron chi connectivity index (χ3n) is 2.25. The molecule has 0 aliphatic carbocycles. The molecule has 0 radical (unpaired) electrons. The van der Waals surface area contributed by atoms with Crippen LogP contribution in [-0.4, -0.2) is 23.6 Å². The molecule has 0 aliphatic rings. The van der Waals surface area contributed by atoms with E-state index >= 15 is 0 Å². The predicted octanol–water partition coefficient (Wildman–Crippen LogP) is 2.12. The summed E-state index contributed by atoms with van der Waals surface area (Å²) in [6, 6.07) is 1.77. The minimum atomic E-state index is 0.370. The van der Waals surface area contributed by atoms with Gasteiger partial charge in [0.15, 0.2) is 11.6 Å². The van der Waals surface area contributed by atoms with Crippen LogP contribution in [0.1, 0.15) is 33.0 Å². The van der Waals surface area contributed by atoms with Gasteiger partial charge in [0.25, 0.3) is 0 Å². The Morgan fingerprint density at radius 2 is 2.13 bits per heavy atom. The highest BCUT2D eigenvalue weighted by molar-refractivity contribution is 5.26. The summed E-state index contributed by atoms with van der Waals surface area (Å²) >= 11 is 0. The number of rotatable bonds is 4. The van der Waals surface area contributed by atoms with E-state index in [0.29, 0.717) is 11.2 Å². The number of anilines is 1. The second-order valence-electron chi connectivity index (χ2n) is 5.27. The van der Waals surface area contributed by atoms with Gasteiger partial charge in [-0.1, -0.05) is 25.9 Å². The first kappa shape index (κ1) is 12.0. The van der Waals surface area contributed by atoms with E-state index in [9.17, 15) is 0 Å². The summed E-state index contributed by atoms with van der Waals surface area (Å²) in [6.45, 7) is 8.54. The van der Waals surface area contributed by atoms with Crippen molar-refractivity contribution in [2.45, 2.75) is 33.7 Å². The maximum atomic E-state index is 5.47. The van der Waals surface area contributed by atoms with Crippen LogP contribution in [0.2, 0.25) is 0 Å². The minimum Gasteiger partial charge on any atom is -0.381 e. The molecule has 4 heteroatoms. The van der Waals surface area contributed by atoms with Gasteiger partial charge < -0.3 is 10.3 Å². The Kier molecular flexibility index (Phi) is 3.74. The summed E-state index contributed by atoms with van der Waals surface area (Å²) in [5.41, 5.74) is 5.84. The molecule has 0 unspecified atom stereocenters. The molecule has 0 atom stereocenters. The zero-order valence-electron chi connectivity index (χ0n) is 10.1. The van der Waals surface area contributed by atoms with Gasteiger partial charge in [-0.15, -0.1) is 0 Å². The van der Waals surface area contributed by atoms with Crippen molar-refractivity contribution in [3.8, 4) is 0 Å². The van der Waals surface area contributed by atoms with Gasteiger partial charge >= 0.3 is 0 Å². The minimum absolute atomic E-state index is 0.370. The molecule has 0 saturated carbocycles. The quantitative estimate of drug-likeness (QED) is 0.829. The smallest absolute Gasteiger partial charge is 0.167 e. The van der Waals surface area contributed by atoms with E-state index in [1.54, 1.807) is 6.07 Å². The lowest BCUT2D eigenvalue weighted by atomic mass is 9.92. The number of nitrogens with zero attached hydrogens (tertiary/aromatic N) is 2. The molecule has 0 saturated heterocycles. The van der Waals surface area contributed by atoms with E-state index < -0.39 is 0 Å². The normalized spacial score (nSPS) is 12.3. The van der Waals surface area contributed by atoms with Gasteiger partial charge in [-0.05, 0) is 25.4 Å². The Bertz CT molecular complexity index is 301. The topological polar surface area (TPSA) is 55.3 Å². The molecule has 0 spiro atoms. The van der Waals surface area contributed by atoms with Crippen LogP contribution in [0.25, 0.3) is 0 Å². The molecule has 1 heterocycles. The maximum absolute atomic E-state index is 5.47. The summed E-state index contributed by atoms with van der Waals surface area (Å²) in [5, 5.41) is 3.65. The van der Waals surface area contributed by atoms with Crippen LogP contribution in [0.4, 0.5) is 5.82 Å². The van der Waals surface area contributed by atoms with Crippen LogP contribution in [-0.2, 0) is 6.54 Å². The Labute approximate surface area is 91.4 Å². The van der Waals surface area contributed by atoms with Crippen molar-refractivity contribution in [3.63, 3.8) is 0 Å². The molecular weight excluding hydrogens is 190 g/mol. The van der Waals surface area contributed by atoms with E-state index in [-0.39, 0.29) is 0 Å². The van der Waals surface area contributed by atoms with E-state index in [0.717, 1.165) is 25.3 Å². The number of nitrogen functional groups attached to an aromatic ring is 1. The molecule has 0 bridgehead atoms. The highest BCUT2D eigenvalue weighted by Crippen LogP contribution is 2.19. The van der Waals surface area contributed by atoms with Crippen molar-refractivity contribution in [2.75, 3.05) is 19.3 Å². The number of aromatic nitrogens is 1. The van der Waals surface area contributed by atoms with Crippen LogP contribution in [0.5, 0.6) is 0 Å². The summed E-state index contributed by atoms with van der Waals surface area (Å²) in [7, 11) is 2.07. The zero-order chi connectivity index (χ0) is 11.5. The van der Waals surface area contributed by atoms with Gasteiger partial charge in [0, 0.05) is 6.07 Å². The molecule has 0 aromatic carbocycles. The molecule has 15 heavy (non-hydrogen) atoms. The third kappa shape index (κ3) is 4.83. The van der Waals surface area contributed by atoms with Crippen LogP contribution < -0.4 is 5.73 Å². The predicted molar refractivity (Wildman–Crippen MR) is 61.3 cm³/mol. The summed E-state index contributed by atoms with van der Waals surface area (Å²) in [6.07, 6.45) is 1.16. The number of hydrogen-bond acceptors (Lipinski definition) is 4. The van der Waals surface area contributed by atoms with Crippen LogP contribution in [0.15, 0.2) is 10.6 Å². The molecule has 0 aliphatic heterocycles. The van der Waals surface area contributed by atoms with Crippen molar-refractivity contribution in [1.29, 1.82) is 0 Å². The highest BCUT2D eigenvalue weighted by atomic mass is 16.5. The van der Waals surface area contributed by atoms with Crippen LogP contribution in [0, 0.1) is 5.41 Å². The summed E-state index contributed by atoms with van der Waals surface area (Å²) in [5.74, 6) is 1.28. The van der Waals surface area contributed by atoms with E-state index in [4.69, 9.17) is 10.3 Å². The first-order chi connectivity index (χ1) is 6.87. The van der Waals surface area contributed by atoms with Gasteiger partial charge in [0.05, 0.1) is 6.54 Å². The second kappa shape index (κ2) is 4.66. The van der Waals surface area contributed by atoms with Crippen molar-refractivity contribution in [2.24, 2.45) is 5.41 Å². The summed E-state index contributed by atoms with van der Waals surface area (Å²) in [4.78, 5) is 2.21. The Balaban J connectivity index is 2.33. The molecule has 0 fully saturated rings. The van der Waals surface area contributed by atoms with Crippen LogP contribution >= 0.6 is 0 Å². The standard InChI is InChI=1S/C11H21N3O/c1-11(2,3)5-6-14(4)8-9-7-10(12)13-15-9/h7H,5-6,8H2,1-4H3,(H2,12,13). The fourth-order valence-corrected chi connectivity index (χ4v) is 1.27. The average Bonchev–Trinajstić information content (AvgIpc) is 2.47. The van der Waals surface area contributed by atoms with Gasteiger partial charge in [0.2, 0.25) is 0 Å². The Morgan fingerprint density at radius 1 is 1.47 bits per heavy atom. The summed E-state index contributed by atoms with van der Waals surface area (Å²) < 4.78 is 5.05. The molecular formula is C11H21N3O. The molecule has 0 amide bonds. The first-order valence-electron chi connectivity index (χ1n) is 5.26. The number of nitrogens with two attached hydrogens (primary N) is 1. The maximum Gasteiger partial charge on any atom is 0.167 e. The largest absolute Gasteiger partial charge is 0.381 e. The van der Waals surface area contributed by atoms with Crippen molar-refractivity contribution in [3.05, 3.63) is 11.8 Å². The van der Waals surface area contributed by atoms with Crippen molar-refractivity contribution < 1.29 is 4.52 Å². The van der Waals surface area contributed by atoms with Crippen LogP contribution in [0.3, 0.4) is 0 Å². The number of hydrogen-bond donors (Lipinski definition) is 1. The molecule has 2 N–H and O–H groups in total. The van der Waals surface area contributed by atoms with E-state index in [1.807, 2.05) is 0 Å². The molecule has 1 rings (SSSR count). The van der Waals surface area contributed by atoms with Gasteiger partial charge in [-0.25, -0.2) is 0 Å².